The first kappa shape index (κ1) is 20.7. The lowest BCUT2D eigenvalue weighted by atomic mass is 10.0. The van der Waals surface area contributed by atoms with Gasteiger partial charge in [-0.1, -0.05) is 20.1 Å². The number of nitrogens with one attached hydrogen (secondary N) is 1. The zero-order valence-corrected chi connectivity index (χ0v) is 14.9. The van der Waals surface area contributed by atoms with Crippen molar-refractivity contribution in [1.82, 2.24) is 10.2 Å². The number of likely N-dealkylation sites (N-methyl/N-ethyl adjacent to an activating group) is 1. The summed E-state index contributed by atoms with van der Waals surface area (Å²) in [6.45, 7) is 10.7. The van der Waals surface area contributed by atoms with Gasteiger partial charge in [-0.05, 0) is 12.5 Å². The Morgan fingerprint density at radius 1 is 1.45 bits per heavy atom. The first-order valence-electron chi connectivity index (χ1n) is 7.40. The average Bonchev–Trinajstić information content (AvgIpc) is 2.79. The Labute approximate surface area is 140 Å². The number of hydrogen-bond donors (Lipinski definition) is 1. The molecule has 126 valence electrons. The Bertz CT molecular complexity index is 457. The van der Waals surface area contributed by atoms with Crippen LogP contribution in [-0.2, 0) is 9.59 Å². The fourth-order valence-corrected chi connectivity index (χ4v) is 2.66. The summed E-state index contributed by atoms with van der Waals surface area (Å²) in [5, 5.41) is 3.04. The highest BCUT2D eigenvalue weighted by Crippen LogP contribution is 2.22. The van der Waals surface area contributed by atoms with Crippen molar-refractivity contribution < 1.29 is 26.5 Å². The largest absolute Gasteiger partial charge is 1.00 e. The second kappa shape index (κ2) is 7.79. The van der Waals surface area contributed by atoms with Crippen molar-refractivity contribution in [2.24, 2.45) is 0 Å². The Kier molecular flexibility index (Phi) is 7.32. The fraction of sp³-hybridized carbons (Fsp3) is 0.625. The van der Waals surface area contributed by atoms with Gasteiger partial charge < -0.3 is 21.8 Å². The van der Waals surface area contributed by atoms with Crippen LogP contribution in [0.5, 0.6) is 0 Å². The number of rotatable bonds is 7. The van der Waals surface area contributed by atoms with Crippen LogP contribution < -0.4 is 17.7 Å². The van der Waals surface area contributed by atoms with Gasteiger partial charge in [0.25, 0.3) is 5.91 Å². The van der Waals surface area contributed by atoms with Crippen LogP contribution in [0.4, 0.5) is 0 Å². The topological polar surface area (TPSA) is 49.4 Å². The van der Waals surface area contributed by atoms with Gasteiger partial charge in [-0.2, -0.15) is 0 Å². The number of halogens is 1. The van der Waals surface area contributed by atoms with Gasteiger partial charge in [0.2, 0.25) is 5.91 Å². The standard InChI is InChI=1S/C16H27N3O2.ClH/c1-7-16(8-2,19(4,5)6)17-15(21)13(3)12-18-11-9-10-14(18)20;/h7H,1,3,8-12H2,2,4-6H3;1H. The zero-order valence-electron chi connectivity index (χ0n) is 14.1. The van der Waals surface area contributed by atoms with Crippen LogP contribution >= 0.6 is 0 Å². The summed E-state index contributed by atoms with van der Waals surface area (Å²) in [5.41, 5.74) is -0.131. The quantitative estimate of drug-likeness (QED) is 0.261. The molecule has 0 aromatic carbocycles. The second-order valence-corrected chi connectivity index (χ2v) is 6.47. The van der Waals surface area contributed by atoms with Crippen LogP contribution in [0, 0.1) is 0 Å². The molecule has 0 aromatic rings. The van der Waals surface area contributed by atoms with Crippen LogP contribution in [0.25, 0.3) is 0 Å². The van der Waals surface area contributed by atoms with Crippen molar-refractivity contribution in [3.63, 3.8) is 0 Å². The van der Waals surface area contributed by atoms with E-state index in [1.165, 1.54) is 0 Å². The molecule has 1 fully saturated rings. The third kappa shape index (κ3) is 4.34. The first-order chi connectivity index (χ1) is 9.66. The number of carbonyl (C=O) groups is 2. The van der Waals surface area contributed by atoms with Gasteiger partial charge in [0.05, 0.1) is 27.7 Å². The Morgan fingerprint density at radius 2 is 2.05 bits per heavy atom. The maximum absolute atomic E-state index is 12.4. The van der Waals surface area contributed by atoms with Gasteiger partial charge in [0.15, 0.2) is 5.66 Å². The van der Waals surface area contributed by atoms with Crippen LogP contribution in [0.15, 0.2) is 24.8 Å². The molecule has 1 rings (SSSR count). The smallest absolute Gasteiger partial charge is 0.253 e. The lowest BCUT2D eigenvalue weighted by Crippen LogP contribution is -3.00. The van der Waals surface area contributed by atoms with Gasteiger partial charge in [-0.3, -0.25) is 14.9 Å². The van der Waals surface area contributed by atoms with Crippen LogP contribution in [0.3, 0.4) is 0 Å². The average molecular weight is 330 g/mol. The molecule has 5 nitrogen and oxygen atoms in total. The van der Waals surface area contributed by atoms with Crippen LogP contribution in [-0.4, -0.2) is 61.1 Å². The van der Waals surface area contributed by atoms with E-state index in [9.17, 15) is 9.59 Å². The SMILES string of the molecule is C=CC(CC)(NC(=O)C(=C)CN1CCCC1=O)[N+](C)(C)C.[Cl-]. The van der Waals surface area contributed by atoms with E-state index in [4.69, 9.17) is 0 Å². The lowest BCUT2D eigenvalue weighted by Gasteiger charge is -2.44. The molecule has 2 amide bonds. The van der Waals surface area contributed by atoms with Crippen molar-refractivity contribution >= 4 is 11.8 Å². The molecule has 1 N–H and O–H groups in total. The van der Waals surface area contributed by atoms with Gasteiger partial charge in [-0.15, -0.1) is 0 Å². The fourth-order valence-electron chi connectivity index (χ4n) is 2.66. The van der Waals surface area contributed by atoms with E-state index >= 15 is 0 Å². The molecule has 0 spiro atoms. The number of quaternary nitrogens is 1. The zero-order chi connectivity index (χ0) is 16.3. The third-order valence-corrected chi connectivity index (χ3v) is 4.28. The molecular weight excluding hydrogens is 302 g/mol. The molecule has 1 unspecified atom stereocenters. The van der Waals surface area contributed by atoms with Crippen molar-refractivity contribution in [2.45, 2.75) is 31.8 Å². The van der Waals surface area contributed by atoms with Crippen LogP contribution in [0.1, 0.15) is 26.2 Å². The molecular formula is C16H28ClN3O2. The molecule has 22 heavy (non-hydrogen) atoms. The summed E-state index contributed by atoms with van der Waals surface area (Å²) in [6, 6.07) is 0. The highest BCUT2D eigenvalue weighted by molar-refractivity contribution is 5.94. The van der Waals surface area contributed by atoms with Crippen molar-refractivity contribution in [3.8, 4) is 0 Å². The van der Waals surface area contributed by atoms with Gasteiger partial charge in [0, 0.05) is 25.0 Å². The normalized spacial score (nSPS) is 17.5. The Morgan fingerprint density at radius 3 is 2.41 bits per heavy atom. The Balaban J connectivity index is 0.00000441. The third-order valence-electron chi connectivity index (χ3n) is 4.28. The van der Waals surface area contributed by atoms with E-state index in [0.717, 1.165) is 12.8 Å². The molecule has 0 aliphatic carbocycles. The van der Waals surface area contributed by atoms with Gasteiger partial charge in [-0.25, -0.2) is 0 Å². The minimum absolute atomic E-state index is 0. The highest BCUT2D eigenvalue weighted by atomic mass is 35.5. The summed E-state index contributed by atoms with van der Waals surface area (Å²) < 4.78 is 0.536. The second-order valence-electron chi connectivity index (χ2n) is 6.47. The summed E-state index contributed by atoms with van der Waals surface area (Å²) in [4.78, 5) is 25.7. The molecule has 0 saturated carbocycles. The van der Waals surface area contributed by atoms with E-state index in [0.29, 0.717) is 29.6 Å². The van der Waals surface area contributed by atoms with E-state index in [1.54, 1.807) is 11.0 Å². The minimum Gasteiger partial charge on any atom is -1.00 e. The number of carbonyl (C=O) groups excluding carboxylic acids is 2. The predicted octanol–water partition coefficient (Wildman–Crippen LogP) is -1.72. The molecule has 1 atom stereocenters. The highest BCUT2D eigenvalue weighted by Gasteiger charge is 2.40. The minimum atomic E-state index is -0.547. The number of nitrogens with zero attached hydrogens (tertiary/aromatic N) is 2. The van der Waals surface area contributed by atoms with Crippen molar-refractivity contribution in [3.05, 3.63) is 24.8 Å². The number of amides is 2. The molecule has 0 aromatic heterocycles. The summed E-state index contributed by atoms with van der Waals surface area (Å²) in [6.07, 6.45) is 3.93. The molecule has 0 bridgehead atoms. The van der Waals surface area contributed by atoms with Crippen molar-refractivity contribution in [2.75, 3.05) is 34.2 Å². The Hall–Kier alpha value is -1.33. The first-order valence-corrected chi connectivity index (χ1v) is 7.40. The van der Waals surface area contributed by atoms with E-state index < -0.39 is 5.66 Å². The summed E-state index contributed by atoms with van der Waals surface area (Å²) in [7, 11) is 6.04. The van der Waals surface area contributed by atoms with Gasteiger partial charge in [0.1, 0.15) is 0 Å². The number of likely N-dealkylation sites (tertiary alicyclic amines) is 1. The van der Waals surface area contributed by atoms with E-state index in [1.807, 2.05) is 28.1 Å². The lowest BCUT2D eigenvalue weighted by molar-refractivity contribution is -0.919. The summed E-state index contributed by atoms with van der Waals surface area (Å²) >= 11 is 0. The molecule has 6 heteroatoms. The molecule has 1 aliphatic rings. The number of hydrogen-bond acceptors (Lipinski definition) is 2. The predicted molar refractivity (Wildman–Crippen MR) is 84.3 cm³/mol. The molecule has 1 heterocycles. The maximum atomic E-state index is 12.4. The van der Waals surface area contributed by atoms with E-state index in [2.05, 4.69) is 18.5 Å². The molecule has 1 aliphatic heterocycles. The summed E-state index contributed by atoms with van der Waals surface area (Å²) in [5.74, 6) is -0.120. The van der Waals surface area contributed by atoms with Crippen molar-refractivity contribution in [1.29, 1.82) is 0 Å². The van der Waals surface area contributed by atoms with Gasteiger partial charge >= 0.3 is 0 Å². The van der Waals surface area contributed by atoms with Crippen LogP contribution in [0.2, 0.25) is 0 Å². The van der Waals surface area contributed by atoms with E-state index in [-0.39, 0.29) is 24.2 Å². The maximum Gasteiger partial charge on any atom is 0.253 e. The monoisotopic (exact) mass is 329 g/mol. The molecule has 1 saturated heterocycles. The molecule has 0 radical (unpaired) electrons.